The number of hydrogen-bond acceptors (Lipinski definition) is 3. The third-order valence-corrected chi connectivity index (χ3v) is 7.54. The molecular formula is C21H30N2O3S. The molecule has 0 aromatic heterocycles. The van der Waals surface area contributed by atoms with Crippen molar-refractivity contribution in [3.05, 3.63) is 29.3 Å². The van der Waals surface area contributed by atoms with E-state index in [4.69, 9.17) is 0 Å². The molecule has 1 aliphatic heterocycles. The van der Waals surface area contributed by atoms with Crippen LogP contribution in [0.3, 0.4) is 0 Å². The molecule has 0 spiro atoms. The second-order valence-corrected chi connectivity index (χ2v) is 10.5. The summed E-state index contributed by atoms with van der Waals surface area (Å²) in [5.74, 6) is 0.902. The number of carbonyl (C=O) groups excluding carboxylic acids is 1. The van der Waals surface area contributed by atoms with Gasteiger partial charge in [0.2, 0.25) is 10.0 Å². The van der Waals surface area contributed by atoms with Crippen molar-refractivity contribution in [3.63, 3.8) is 0 Å². The maximum atomic E-state index is 13.4. The van der Waals surface area contributed by atoms with Crippen LogP contribution in [0.2, 0.25) is 0 Å². The van der Waals surface area contributed by atoms with Crippen LogP contribution in [-0.4, -0.2) is 44.1 Å². The van der Waals surface area contributed by atoms with Gasteiger partial charge in [0.05, 0.1) is 11.9 Å². The molecule has 148 valence electrons. The van der Waals surface area contributed by atoms with E-state index in [2.05, 4.69) is 11.8 Å². The number of fused-ring (bicyclic) bond motifs is 1. The minimum Gasteiger partial charge on any atom is -0.333 e. The van der Waals surface area contributed by atoms with Crippen LogP contribution >= 0.6 is 0 Å². The maximum absolute atomic E-state index is 13.4. The summed E-state index contributed by atoms with van der Waals surface area (Å²) in [4.78, 5) is 15.5. The minimum absolute atomic E-state index is 0.135. The van der Waals surface area contributed by atoms with Crippen molar-refractivity contribution in [2.45, 2.75) is 70.4 Å². The summed E-state index contributed by atoms with van der Waals surface area (Å²) in [6, 6.07) is 6.36. The summed E-state index contributed by atoms with van der Waals surface area (Å²) in [6.07, 6.45) is 9.72. The smallest absolute Gasteiger partial charge is 0.254 e. The molecule has 4 rings (SSSR count). The van der Waals surface area contributed by atoms with Gasteiger partial charge >= 0.3 is 0 Å². The number of carbonyl (C=O) groups is 1. The van der Waals surface area contributed by atoms with Crippen LogP contribution < -0.4 is 4.31 Å². The predicted molar refractivity (Wildman–Crippen MR) is 108 cm³/mol. The van der Waals surface area contributed by atoms with Crippen molar-refractivity contribution in [2.75, 3.05) is 17.1 Å². The van der Waals surface area contributed by atoms with E-state index >= 15 is 0 Å². The molecule has 0 N–H and O–H groups in total. The van der Waals surface area contributed by atoms with Crippen LogP contribution in [0.15, 0.2) is 18.2 Å². The van der Waals surface area contributed by atoms with Gasteiger partial charge in [-0.05, 0) is 81.0 Å². The minimum atomic E-state index is -3.28. The van der Waals surface area contributed by atoms with Gasteiger partial charge in [-0.15, -0.1) is 0 Å². The van der Waals surface area contributed by atoms with Crippen molar-refractivity contribution in [1.29, 1.82) is 0 Å². The quantitative estimate of drug-likeness (QED) is 0.789. The van der Waals surface area contributed by atoms with Gasteiger partial charge in [-0.1, -0.05) is 6.92 Å². The monoisotopic (exact) mass is 390 g/mol. The maximum Gasteiger partial charge on any atom is 0.254 e. The van der Waals surface area contributed by atoms with Crippen molar-refractivity contribution in [1.82, 2.24) is 4.90 Å². The summed E-state index contributed by atoms with van der Waals surface area (Å²) >= 11 is 0. The first-order chi connectivity index (χ1) is 12.8. The van der Waals surface area contributed by atoms with Crippen LogP contribution in [0.1, 0.15) is 67.8 Å². The first kappa shape index (κ1) is 18.8. The highest BCUT2D eigenvalue weighted by Gasteiger charge is 2.39. The van der Waals surface area contributed by atoms with E-state index in [0.29, 0.717) is 18.6 Å². The molecule has 1 heterocycles. The molecule has 0 saturated heterocycles. The van der Waals surface area contributed by atoms with E-state index in [1.54, 1.807) is 0 Å². The second kappa shape index (κ2) is 7.12. The zero-order chi connectivity index (χ0) is 19.2. The number of aryl methyl sites for hydroxylation is 1. The van der Waals surface area contributed by atoms with Gasteiger partial charge < -0.3 is 4.90 Å². The molecule has 0 radical (unpaired) electrons. The number of amides is 1. The lowest BCUT2D eigenvalue weighted by Gasteiger charge is -2.37. The van der Waals surface area contributed by atoms with Crippen LogP contribution in [0, 0.1) is 5.92 Å². The Balaban J connectivity index is 1.60. The predicted octanol–water partition coefficient (Wildman–Crippen LogP) is 3.58. The Labute approximate surface area is 162 Å². The fraction of sp³-hybridized carbons (Fsp3) is 0.667. The first-order valence-electron chi connectivity index (χ1n) is 10.3. The molecule has 2 aliphatic carbocycles. The van der Waals surface area contributed by atoms with Crippen molar-refractivity contribution >= 4 is 21.6 Å². The Hall–Kier alpha value is -1.56. The summed E-state index contributed by atoms with van der Waals surface area (Å²) in [7, 11) is -3.28. The summed E-state index contributed by atoms with van der Waals surface area (Å²) in [6.45, 7) is 2.82. The summed E-state index contributed by atoms with van der Waals surface area (Å²) in [5, 5.41) is 0. The van der Waals surface area contributed by atoms with E-state index in [-0.39, 0.29) is 5.91 Å². The number of sulfonamides is 1. The number of rotatable bonds is 4. The molecule has 3 aliphatic rings. The SMILES string of the molecule is CC1CCC(N(C(=O)c2ccc3c(c2)CCCN3S(C)(=O)=O)C2CC2)CC1. The highest BCUT2D eigenvalue weighted by Crippen LogP contribution is 2.37. The zero-order valence-electron chi connectivity index (χ0n) is 16.4. The molecule has 6 heteroatoms. The van der Waals surface area contributed by atoms with Gasteiger partial charge in [-0.25, -0.2) is 8.42 Å². The normalized spacial score (nSPS) is 25.8. The van der Waals surface area contributed by atoms with Crippen LogP contribution in [0.5, 0.6) is 0 Å². The highest BCUT2D eigenvalue weighted by atomic mass is 32.2. The van der Waals surface area contributed by atoms with Crippen molar-refractivity contribution in [3.8, 4) is 0 Å². The topological polar surface area (TPSA) is 57.7 Å². The Kier molecular flexibility index (Phi) is 4.95. The Morgan fingerprint density at radius 3 is 2.30 bits per heavy atom. The number of anilines is 1. The Bertz CT molecular complexity index is 824. The van der Waals surface area contributed by atoms with E-state index in [9.17, 15) is 13.2 Å². The zero-order valence-corrected chi connectivity index (χ0v) is 17.2. The third-order valence-electron chi connectivity index (χ3n) is 6.36. The standard InChI is InChI=1S/C21H30N2O3S/c1-15-5-8-18(9-6-15)23(19-10-11-19)21(24)17-7-12-20-16(14-17)4-3-13-22(20)27(2,25)26/h7,12,14-15,18-19H,3-6,8-11,13H2,1-2H3. The number of benzene rings is 1. The summed E-state index contributed by atoms with van der Waals surface area (Å²) < 4.78 is 25.6. The largest absolute Gasteiger partial charge is 0.333 e. The molecule has 2 fully saturated rings. The Morgan fingerprint density at radius 1 is 1.07 bits per heavy atom. The average molecular weight is 391 g/mol. The molecule has 2 saturated carbocycles. The highest BCUT2D eigenvalue weighted by molar-refractivity contribution is 7.92. The van der Waals surface area contributed by atoms with E-state index in [1.165, 1.54) is 23.4 Å². The van der Waals surface area contributed by atoms with Gasteiger partial charge in [0.15, 0.2) is 0 Å². The van der Waals surface area contributed by atoms with Gasteiger partial charge in [-0.3, -0.25) is 9.10 Å². The van der Waals surface area contributed by atoms with Gasteiger partial charge in [0.25, 0.3) is 5.91 Å². The van der Waals surface area contributed by atoms with Crippen LogP contribution in [0.4, 0.5) is 5.69 Å². The molecule has 27 heavy (non-hydrogen) atoms. The molecule has 1 aromatic carbocycles. The third kappa shape index (κ3) is 3.86. The molecule has 0 atom stereocenters. The van der Waals surface area contributed by atoms with Crippen LogP contribution in [-0.2, 0) is 16.4 Å². The van der Waals surface area contributed by atoms with E-state index < -0.39 is 10.0 Å². The van der Waals surface area contributed by atoms with Gasteiger partial charge in [-0.2, -0.15) is 0 Å². The van der Waals surface area contributed by atoms with Gasteiger partial charge in [0.1, 0.15) is 0 Å². The fourth-order valence-electron chi connectivity index (χ4n) is 4.69. The first-order valence-corrected chi connectivity index (χ1v) is 12.1. The van der Waals surface area contributed by atoms with Gasteiger partial charge in [0, 0.05) is 24.2 Å². The second-order valence-electron chi connectivity index (χ2n) is 8.64. The Morgan fingerprint density at radius 2 is 1.70 bits per heavy atom. The lowest BCUT2D eigenvalue weighted by molar-refractivity contribution is 0.0593. The molecular weight excluding hydrogens is 360 g/mol. The molecule has 1 aromatic rings. The molecule has 0 bridgehead atoms. The number of hydrogen-bond donors (Lipinski definition) is 0. The molecule has 1 amide bonds. The number of nitrogens with zero attached hydrogens (tertiary/aromatic N) is 2. The van der Waals surface area contributed by atoms with E-state index in [0.717, 1.165) is 61.3 Å². The average Bonchev–Trinajstić information content (AvgIpc) is 3.46. The lowest BCUT2D eigenvalue weighted by atomic mass is 9.86. The van der Waals surface area contributed by atoms with Crippen molar-refractivity contribution < 1.29 is 13.2 Å². The fourth-order valence-corrected chi connectivity index (χ4v) is 5.69. The lowest BCUT2D eigenvalue weighted by Crippen LogP contribution is -2.44. The summed E-state index contributed by atoms with van der Waals surface area (Å²) in [5.41, 5.74) is 2.44. The van der Waals surface area contributed by atoms with Crippen LogP contribution in [0.25, 0.3) is 0 Å². The molecule has 5 nitrogen and oxygen atoms in total. The molecule has 0 unspecified atom stereocenters. The van der Waals surface area contributed by atoms with E-state index in [1.807, 2.05) is 18.2 Å². The van der Waals surface area contributed by atoms with Crippen molar-refractivity contribution in [2.24, 2.45) is 5.92 Å².